The van der Waals surface area contributed by atoms with Crippen LogP contribution in [0.25, 0.3) is 0 Å². The standard InChI is InChI=1S/C19H26N2O4S/c1-14(2)11-18(19(22)20-12-17-5-4-10-25-17)21-26(23,24)13-16-8-6-15(3)7-9-16/h4-10,14,18,21H,11-13H2,1-3H3,(H,20,22)/t18-/m0/s1. The van der Waals surface area contributed by atoms with E-state index in [9.17, 15) is 13.2 Å². The van der Waals surface area contributed by atoms with Crippen LogP contribution in [0.15, 0.2) is 47.1 Å². The molecule has 0 saturated heterocycles. The van der Waals surface area contributed by atoms with Gasteiger partial charge in [0.2, 0.25) is 15.9 Å². The third-order valence-corrected chi connectivity index (χ3v) is 5.20. The molecule has 1 heterocycles. The lowest BCUT2D eigenvalue weighted by Crippen LogP contribution is -2.47. The molecule has 7 heteroatoms. The van der Waals surface area contributed by atoms with E-state index in [-0.39, 0.29) is 24.1 Å². The van der Waals surface area contributed by atoms with Crippen molar-refractivity contribution in [2.75, 3.05) is 0 Å². The predicted molar refractivity (Wildman–Crippen MR) is 101 cm³/mol. The summed E-state index contributed by atoms with van der Waals surface area (Å²) < 4.78 is 32.7. The highest BCUT2D eigenvalue weighted by Gasteiger charge is 2.25. The van der Waals surface area contributed by atoms with E-state index in [2.05, 4.69) is 10.0 Å². The van der Waals surface area contributed by atoms with Crippen molar-refractivity contribution in [2.24, 2.45) is 5.92 Å². The zero-order valence-electron chi connectivity index (χ0n) is 15.4. The van der Waals surface area contributed by atoms with E-state index in [1.165, 1.54) is 6.26 Å². The highest BCUT2D eigenvalue weighted by Crippen LogP contribution is 2.11. The summed E-state index contributed by atoms with van der Waals surface area (Å²) in [5.74, 6) is 0.260. The van der Waals surface area contributed by atoms with Gasteiger partial charge >= 0.3 is 0 Å². The number of amides is 1. The lowest BCUT2D eigenvalue weighted by atomic mass is 10.0. The third-order valence-electron chi connectivity index (χ3n) is 3.84. The van der Waals surface area contributed by atoms with Gasteiger partial charge in [-0.3, -0.25) is 4.79 Å². The Morgan fingerprint density at radius 1 is 1.15 bits per heavy atom. The maximum absolute atomic E-state index is 12.5. The van der Waals surface area contributed by atoms with Crippen LogP contribution in [0.2, 0.25) is 0 Å². The number of rotatable bonds is 9. The number of carbonyl (C=O) groups is 1. The highest BCUT2D eigenvalue weighted by molar-refractivity contribution is 7.88. The summed E-state index contributed by atoms with van der Waals surface area (Å²) in [5.41, 5.74) is 1.75. The molecule has 0 bridgehead atoms. The Morgan fingerprint density at radius 3 is 2.42 bits per heavy atom. The maximum Gasteiger partial charge on any atom is 0.238 e. The van der Waals surface area contributed by atoms with Crippen molar-refractivity contribution in [2.45, 2.75) is 45.5 Å². The summed E-state index contributed by atoms with van der Waals surface area (Å²) in [6.45, 7) is 6.06. The van der Waals surface area contributed by atoms with E-state index >= 15 is 0 Å². The number of furan rings is 1. The molecule has 0 aliphatic heterocycles. The Hall–Kier alpha value is -2.12. The topological polar surface area (TPSA) is 88.4 Å². The average Bonchev–Trinajstić information content (AvgIpc) is 3.06. The molecule has 0 unspecified atom stereocenters. The Morgan fingerprint density at radius 2 is 1.85 bits per heavy atom. The number of hydrogen-bond donors (Lipinski definition) is 2. The highest BCUT2D eigenvalue weighted by atomic mass is 32.2. The largest absolute Gasteiger partial charge is 0.467 e. The lowest BCUT2D eigenvalue weighted by molar-refractivity contribution is -0.123. The zero-order chi connectivity index (χ0) is 19.2. The molecule has 26 heavy (non-hydrogen) atoms. The fourth-order valence-corrected chi connectivity index (χ4v) is 3.90. The summed E-state index contributed by atoms with van der Waals surface area (Å²) >= 11 is 0. The number of hydrogen-bond acceptors (Lipinski definition) is 4. The summed E-state index contributed by atoms with van der Waals surface area (Å²) in [5, 5.41) is 2.72. The van der Waals surface area contributed by atoms with Crippen molar-refractivity contribution in [1.29, 1.82) is 0 Å². The van der Waals surface area contributed by atoms with Crippen LogP contribution in [0, 0.1) is 12.8 Å². The minimum Gasteiger partial charge on any atom is -0.467 e. The van der Waals surface area contributed by atoms with Gasteiger partial charge in [0.15, 0.2) is 0 Å². The van der Waals surface area contributed by atoms with E-state index in [1.54, 1.807) is 24.3 Å². The van der Waals surface area contributed by atoms with Gasteiger partial charge in [-0.15, -0.1) is 0 Å². The first-order valence-electron chi connectivity index (χ1n) is 8.61. The number of carbonyl (C=O) groups excluding carboxylic acids is 1. The molecule has 0 radical (unpaired) electrons. The Kier molecular flexibility index (Phi) is 6.99. The molecular weight excluding hydrogens is 352 g/mol. The molecule has 0 saturated carbocycles. The number of sulfonamides is 1. The van der Waals surface area contributed by atoms with Gasteiger partial charge in [-0.05, 0) is 37.0 Å². The fraction of sp³-hybridized carbons (Fsp3) is 0.421. The normalized spacial score (nSPS) is 12.9. The van der Waals surface area contributed by atoms with Crippen LogP contribution in [0.4, 0.5) is 0 Å². The molecule has 1 aromatic carbocycles. The molecule has 6 nitrogen and oxygen atoms in total. The molecule has 1 atom stereocenters. The first-order valence-corrected chi connectivity index (χ1v) is 10.3. The van der Waals surface area contributed by atoms with Crippen molar-refractivity contribution in [3.63, 3.8) is 0 Å². The van der Waals surface area contributed by atoms with Crippen molar-refractivity contribution >= 4 is 15.9 Å². The van der Waals surface area contributed by atoms with Crippen LogP contribution in [0.3, 0.4) is 0 Å². The van der Waals surface area contributed by atoms with E-state index < -0.39 is 16.1 Å². The molecular formula is C19H26N2O4S. The first kappa shape index (κ1) is 20.2. The maximum atomic E-state index is 12.5. The first-order chi connectivity index (χ1) is 12.2. The quantitative estimate of drug-likeness (QED) is 0.702. The summed E-state index contributed by atoms with van der Waals surface area (Å²) in [7, 11) is -3.64. The summed E-state index contributed by atoms with van der Waals surface area (Å²) in [6, 6.07) is 9.96. The molecule has 0 spiro atoms. The molecule has 1 amide bonds. The van der Waals surface area contributed by atoms with Gasteiger partial charge in [-0.2, -0.15) is 0 Å². The van der Waals surface area contributed by atoms with Gasteiger partial charge in [0.1, 0.15) is 11.8 Å². The smallest absolute Gasteiger partial charge is 0.238 e. The van der Waals surface area contributed by atoms with Crippen molar-refractivity contribution in [1.82, 2.24) is 10.0 Å². The monoisotopic (exact) mass is 378 g/mol. The van der Waals surface area contributed by atoms with Gasteiger partial charge in [-0.25, -0.2) is 13.1 Å². The Labute approximate surface area is 155 Å². The molecule has 2 aromatic rings. The number of nitrogens with one attached hydrogen (secondary N) is 2. The molecule has 0 aliphatic carbocycles. The second-order valence-electron chi connectivity index (χ2n) is 6.84. The van der Waals surface area contributed by atoms with Crippen LogP contribution in [-0.4, -0.2) is 20.4 Å². The molecule has 142 valence electrons. The van der Waals surface area contributed by atoms with Gasteiger partial charge in [0, 0.05) is 0 Å². The molecule has 2 rings (SSSR count). The van der Waals surface area contributed by atoms with Gasteiger partial charge in [0.25, 0.3) is 0 Å². The molecule has 0 fully saturated rings. The molecule has 1 aromatic heterocycles. The Bertz CT molecular complexity index is 797. The predicted octanol–water partition coefficient (Wildman–Crippen LogP) is 2.74. The van der Waals surface area contributed by atoms with Gasteiger partial charge in [-0.1, -0.05) is 43.7 Å². The van der Waals surface area contributed by atoms with Crippen LogP contribution < -0.4 is 10.0 Å². The molecule has 2 N–H and O–H groups in total. The van der Waals surface area contributed by atoms with E-state index in [0.29, 0.717) is 17.7 Å². The average molecular weight is 378 g/mol. The van der Waals surface area contributed by atoms with Gasteiger partial charge in [0.05, 0.1) is 18.6 Å². The SMILES string of the molecule is Cc1ccc(CS(=O)(=O)N[C@@H](CC(C)C)C(=O)NCc2ccco2)cc1. The Balaban J connectivity index is 2.02. The van der Waals surface area contributed by atoms with Crippen LogP contribution >= 0.6 is 0 Å². The summed E-state index contributed by atoms with van der Waals surface area (Å²) in [4.78, 5) is 12.5. The van der Waals surface area contributed by atoms with Crippen molar-refractivity contribution < 1.29 is 17.6 Å². The molecule has 0 aliphatic rings. The van der Waals surface area contributed by atoms with E-state index in [0.717, 1.165) is 5.56 Å². The fourth-order valence-electron chi connectivity index (χ4n) is 2.55. The number of benzene rings is 1. The van der Waals surface area contributed by atoms with Gasteiger partial charge < -0.3 is 9.73 Å². The second kappa shape index (κ2) is 9.00. The lowest BCUT2D eigenvalue weighted by Gasteiger charge is -2.20. The minimum atomic E-state index is -3.64. The zero-order valence-corrected chi connectivity index (χ0v) is 16.2. The number of aryl methyl sites for hydroxylation is 1. The summed E-state index contributed by atoms with van der Waals surface area (Å²) in [6.07, 6.45) is 1.94. The van der Waals surface area contributed by atoms with Crippen molar-refractivity contribution in [3.8, 4) is 0 Å². The van der Waals surface area contributed by atoms with Crippen molar-refractivity contribution in [3.05, 3.63) is 59.5 Å². The van der Waals surface area contributed by atoms with Crippen LogP contribution in [-0.2, 0) is 27.1 Å². The van der Waals surface area contributed by atoms with E-state index in [4.69, 9.17) is 4.42 Å². The van der Waals surface area contributed by atoms with Crippen LogP contribution in [0.1, 0.15) is 37.2 Å². The minimum absolute atomic E-state index is 0.159. The van der Waals surface area contributed by atoms with E-state index in [1.807, 2.05) is 32.9 Å². The van der Waals surface area contributed by atoms with Crippen LogP contribution in [0.5, 0.6) is 0 Å². The second-order valence-corrected chi connectivity index (χ2v) is 8.60. The third kappa shape index (κ3) is 6.65.